The van der Waals surface area contributed by atoms with Crippen molar-refractivity contribution in [2.24, 2.45) is 0 Å². The highest BCUT2D eigenvalue weighted by Crippen LogP contribution is 2.36. The average molecular weight is 563 g/mol. The summed E-state index contributed by atoms with van der Waals surface area (Å²) in [6, 6.07) is 41.1. The van der Waals surface area contributed by atoms with Crippen LogP contribution in [0.1, 0.15) is 26.7 Å². The van der Waals surface area contributed by atoms with Crippen LogP contribution in [-0.2, 0) is 0 Å². The van der Waals surface area contributed by atoms with Crippen molar-refractivity contribution in [2.45, 2.75) is 38.6 Å². The molecule has 5 rings (SSSR count). The van der Waals surface area contributed by atoms with Crippen molar-refractivity contribution in [2.75, 3.05) is 0 Å². The van der Waals surface area contributed by atoms with Gasteiger partial charge in [0.2, 0.25) is 0 Å². The maximum Gasteiger partial charge on any atom is 0.368 e. The van der Waals surface area contributed by atoms with Crippen molar-refractivity contribution < 1.29 is 29.2 Å². The third-order valence-electron chi connectivity index (χ3n) is 6.74. The number of rotatable bonds is 12. The van der Waals surface area contributed by atoms with Gasteiger partial charge in [0, 0.05) is 17.2 Å². The maximum atomic E-state index is 11.3. The number of hydrogen-bond acceptors (Lipinski definition) is 6. The zero-order chi connectivity index (χ0) is 29.4. The van der Waals surface area contributed by atoms with Crippen molar-refractivity contribution in [1.82, 2.24) is 0 Å². The summed E-state index contributed by atoms with van der Waals surface area (Å²) in [4.78, 5) is 0. The van der Waals surface area contributed by atoms with E-state index in [0.29, 0.717) is 11.5 Å². The van der Waals surface area contributed by atoms with E-state index in [-0.39, 0.29) is 24.3 Å². The van der Waals surface area contributed by atoms with Crippen LogP contribution in [0, 0.1) is 0 Å². The number of aliphatic hydroxyl groups is 2. The van der Waals surface area contributed by atoms with Gasteiger partial charge < -0.3 is 29.2 Å². The standard InChI is InChI=1S/C36H34O6/c1-3-35(37,41-33-24-13-11-22-31(33)27-16-7-5-8-17-27)39-29-20-15-21-30(26-29)40-36(38,4-2)42-34-25-14-12-23-32(34)28-18-9-6-10-19-28/h5-26,37-38H,3-4H2,1-2H3. The second kappa shape index (κ2) is 12.8. The predicted octanol–water partition coefficient (Wildman–Crippen LogP) is 8.05. The lowest BCUT2D eigenvalue weighted by Gasteiger charge is -2.30. The third kappa shape index (κ3) is 6.92. The third-order valence-corrected chi connectivity index (χ3v) is 6.74. The summed E-state index contributed by atoms with van der Waals surface area (Å²) in [5.41, 5.74) is 3.56. The van der Waals surface area contributed by atoms with Crippen LogP contribution in [-0.4, -0.2) is 22.2 Å². The Morgan fingerprint density at radius 1 is 0.452 bits per heavy atom. The van der Waals surface area contributed by atoms with E-state index in [1.165, 1.54) is 0 Å². The van der Waals surface area contributed by atoms with E-state index in [2.05, 4.69) is 0 Å². The highest BCUT2D eigenvalue weighted by atomic mass is 16.8. The van der Waals surface area contributed by atoms with Gasteiger partial charge in [0.05, 0.1) is 12.8 Å². The van der Waals surface area contributed by atoms with Gasteiger partial charge in [0.1, 0.15) is 23.0 Å². The fourth-order valence-electron chi connectivity index (χ4n) is 4.47. The van der Waals surface area contributed by atoms with Gasteiger partial charge in [-0.05, 0) is 35.4 Å². The maximum absolute atomic E-state index is 11.3. The Morgan fingerprint density at radius 3 is 1.24 bits per heavy atom. The molecule has 0 aliphatic heterocycles. The van der Waals surface area contributed by atoms with Crippen LogP contribution in [0.25, 0.3) is 22.3 Å². The Balaban J connectivity index is 1.34. The fourth-order valence-corrected chi connectivity index (χ4v) is 4.47. The predicted molar refractivity (Wildman–Crippen MR) is 163 cm³/mol. The van der Waals surface area contributed by atoms with Gasteiger partial charge in [-0.25, -0.2) is 0 Å². The van der Waals surface area contributed by atoms with Crippen LogP contribution < -0.4 is 18.9 Å². The van der Waals surface area contributed by atoms with E-state index in [1.54, 1.807) is 50.2 Å². The van der Waals surface area contributed by atoms with Crippen LogP contribution in [0.5, 0.6) is 23.0 Å². The Kier molecular flexibility index (Phi) is 8.77. The van der Waals surface area contributed by atoms with Gasteiger partial charge >= 0.3 is 11.9 Å². The van der Waals surface area contributed by atoms with Gasteiger partial charge in [-0.2, -0.15) is 0 Å². The molecule has 0 spiro atoms. The summed E-state index contributed by atoms with van der Waals surface area (Å²) in [6.07, 6.45) is 0.277. The van der Waals surface area contributed by atoms with Crippen molar-refractivity contribution >= 4 is 0 Å². The van der Waals surface area contributed by atoms with Crippen molar-refractivity contribution in [3.05, 3.63) is 133 Å². The molecule has 0 saturated carbocycles. The lowest BCUT2D eigenvalue weighted by atomic mass is 10.0. The summed E-state index contributed by atoms with van der Waals surface area (Å²) >= 11 is 0. The SMILES string of the molecule is CCC(O)(Oc1cccc(OC(O)(CC)Oc2ccccc2-c2ccccc2)c1)Oc1ccccc1-c1ccccc1. The summed E-state index contributed by atoms with van der Waals surface area (Å²) in [5.74, 6) is -2.39. The molecule has 0 aliphatic carbocycles. The molecule has 2 N–H and O–H groups in total. The van der Waals surface area contributed by atoms with Crippen molar-refractivity contribution in [3.63, 3.8) is 0 Å². The molecular formula is C36H34O6. The molecule has 0 heterocycles. The zero-order valence-corrected chi connectivity index (χ0v) is 23.6. The normalized spacial score (nSPS) is 13.8. The topological polar surface area (TPSA) is 77.4 Å². The molecule has 0 aliphatic rings. The lowest BCUT2D eigenvalue weighted by molar-refractivity contribution is -0.275. The molecule has 6 heteroatoms. The minimum atomic E-state index is -1.96. The van der Waals surface area contributed by atoms with Gasteiger partial charge in [-0.3, -0.25) is 0 Å². The molecule has 0 bridgehead atoms. The number of ether oxygens (including phenoxy) is 4. The van der Waals surface area contributed by atoms with E-state index in [9.17, 15) is 10.2 Å². The minimum absolute atomic E-state index is 0.138. The first-order valence-electron chi connectivity index (χ1n) is 14.0. The van der Waals surface area contributed by atoms with Gasteiger partial charge in [0.15, 0.2) is 0 Å². The summed E-state index contributed by atoms with van der Waals surface area (Å²) in [5, 5.41) is 22.7. The molecule has 2 atom stereocenters. The first kappa shape index (κ1) is 28.7. The molecule has 5 aromatic rings. The Morgan fingerprint density at radius 2 is 0.833 bits per heavy atom. The van der Waals surface area contributed by atoms with Gasteiger partial charge in [-0.1, -0.05) is 117 Å². The summed E-state index contributed by atoms with van der Waals surface area (Å²) in [6.45, 7) is 3.53. The molecule has 0 radical (unpaired) electrons. The Labute approximate surface area is 246 Å². The lowest BCUT2D eigenvalue weighted by Crippen LogP contribution is -2.42. The Hall–Kier alpha value is -4.78. The largest absolute Gasteiger partial charge is 0.430 e. The number of para-hydroxylation sites is 2. The molecule has 2 unspecified atom stereocenters. The molecule has 0 fully saturated rings. The van der Waals surface area contributed by atoms with E-state index >= 15 is 0 Å². The van der Waals surface area contributed by atoms with Gasteiger partial charge in [0.25, 0.3) is 0 Å². The number of hydrogen-bond donors (Lipinski definition) is 2. The molecule has 42 heavy (non-hydrogen) atoms. The number of benzene rings is 5. The summed E-state index contributed by atoms with van der Waals surface area (Å²) < 4.78 is 24.0. The summed E-state index contributed by atoms with van der Waals surface area (Å²) in [7, 11) is 0. The van der Waals surface area contributed by atoms with Crippen LogP contribution in [0.2, 0.25) is 0 Å². The molecular weight excluding hydrogens is 528 g/mol. The van der Waals surface area contributed by atoms with Crippen molar-refractivity contribution in [3.8, 4) is 45.3 Å². The van der Waals surface area contributed by atoms with E-state index < -0.39 is 11.9 Å². The second-order valence-electron chi connectivity index (χ2n) is 9.74. The van der Waals surface area contributed by atoms with Gasteiger partial charge in [-0.15, -0.1) is 0 Å². The average Bonchev–Trinajstić information content (AvgIpc) is 3.02. The quantitative estimate of drug-likeness (QED) is 0.150. The molecule has 5 aromatic carbocycles. The van der Waals surface area contributed by atoms with E-state index in [4.69, 9.17) is 18.9 Å². The zero-order valence-electron chi connectivity index (χ0n) is 23.6. The molecule has 0 saturated heterocycles. The molecule has 0 aromatic heterocycles. The van der Waals surface area contributed by atoms with Crippen LogP contribution in [0.15, 0.2) is 133 Å². The smallest absolute Gasteiger partial charge is 0.368 e. The highest BCUT2D eigenvalue weighted by Gasteiger charge is 2.33. The van der Waals surface area contributed by atoms with Crippen LogP contribution in [0.3, 0.4) is 0 Å². The Bertz CT molecular complexity index is 1470. The molecule has 214 valence electrons. The monoisotopic (exact) mass is 562 g/mol. The second-order valence-corrected chi connectivity index (χ2v) is 9.74. The van der Waals surface area contributed by atoms with Crippen molar-refractivity contribution in [1.29, 1.82) is 0 Å². The molecule has 6 nitrogen and oxygen atoms in total. The van der Waals surface area contributed by atoms with Crippen LogP contribution in [0.4, 0.5) is 0 Å². The van der Waals surface area contributed by atoms with E-state index in [0.717, 1.165) is 22.3 Å². The van der Waals surface area contributed by atoms with E-state index in [1.807, 2.05) is 97.1 Å². The van der Waals surface area contributed by atoms with Crippen LogP contribution >= 0.6 is 0 Å². The first-order valence-corrected chi connectivity index (χ1v) is 14.0. The molecule has 0 amide bonds. The first-order chi connectivity index (χ1) is 20.4. The minimum Gasteiger partial charge on any atom is -0.430 e. The highest BCUT2D eigenvalue weighted by molar-refractivity contribution is 5.71. The fraction of sp³-hybridized carbons (Fsp3) is 0.167.